The second kappa shape index (κ2) is 4.42. The van der Waals surface area contributed by atoms with Crippen molar-refractivity contribution >= 4 is 17.6 Å². The molecule has 2 saturated heterocycles. The third-order valence-corrected chi connectivity index (χ3v) is 2.84. The first-order valence-corrected chi connectivity index (χ1v) is 5.69. The second-order valence-electron chi connectivity index (χ2n) is 4.75. The first-order valence-electron chi connectivity index (χ1n) is 5.69. The van der Waals surface area contributed by atoms with Gasteiger partial charge >= 0.3 is 0 Å². The van der Waals surface area contributed by atoms with Crippen LogP contribution in [-0.4, -0.2) is 58.8 Å². The molecular formula is C11H15NO6. The normalized spacial score (nSPS) is 29.8. The molecule has 7 heteroatoms. The number of carbonyl (C=O) groups is 3. The zero-order valence-electron chi connectivity index (χ0n) is 10.2. The minimum atomic E-state index is -0.970. The second-order valence-corrected chi connectivity index (χ2v) is 4.75. The van der Waals surface area contributed by atoms with Gasteiger partial charge in [0, 0.05) is 6.42 Å². The summed E-state index contributed by atoms with van der Waals surface area (Å²) in [5, 5.41) is 8.61. The predicted octanol–water partition coefficient (Wildman–Crippen LogP) is -1.17. The number of nitrogens with zero attached hydrogens (tertiary/aromatic N) is 1. The van der Waals surface area contributed by atoms with Crippen LogP contribution in [0.1, 0.15) is 20.3 Å². The van der Waals surface area contributed by atoms with Crippen molar-refractivity contribution in [1.29, 1.82) is 0 Å². The van der Waals surface area contributed by atoms with Crippen LogP contribution in [0.5, 0.6) is 0 Å². The number of hydrogen-bond acceptors (Lipinski definition) is 6. The molecule has 0 saturated carbocycles. The van der Waals surface area contributed by atoms with E-state index in [0.717, 1.165) is 4.90 Å². The van der Waals surface area contributed by atoms with Crippen molar-refractivity contribution in [1.82, 2.24) is 4.90 Å². The minimum Gasteiger partial charge on any atom is -0.396 e. The van der Waals surface area contributed by atoms with Gasteiger partial charge in [0.25, 0.3) is 11.8 Å². The first-order chi connectivity index (χ1) is 8.35. The van der Waals surface area contributed by atoms with Crippen molar-refractivity contribution in [2.45, 2.75) is 38.3 Å². The van der Waals surface area contributed by atoms with E-state index in [1.54, 1.807) is 13.8 Å². The lowest BCUT2D eigenvalue weighted by Crippen LogP contribution is -2.40. The fraction of sp³-hybridized carbons (Fsp3) is 0.727. The van der Waals surface area contributed by atoms with Crippen LogP contribution >= 0.6 is 0 Å². The number of fused-ring (bicyclic) bond motifs is 1. The molecule has 2 heterocycles. The Hall–Kier alpha value is -1.31. The van der Waals surface area contributed by atoms with E-state index in [2.05, 4.69) is 0 Å². The Morgan fingerprint density at radius 3 is 2.22 bits per heavy atom. The van der Waals surface area contributed by atoms with Crippen LogP contribution in [0.15, 0.2) is 0 Å². The summed E-state index contributed by atoms with van der Waals surface area (Å²) >= 11 is 0. The summed E-state index contributed by atoms with van der Waals surface area (Å²) in [5.41, 5.74) is 0. The van der Waals surface area contributed by atoms with Gasteiger partial charge in [0.05, 0.1) is 13.2 Å². The fourth-order valence-corrected chi connectivity index (χ4v) is 2.07. The standard InChI is InChI=1S/C11H15NO6/c1-11(2)17-7-8(18-11)10(16)12(9(7)15)5-6(14)3-4-13/h7-8,13H,3-5H2,1-2H3/t7-,8+. The highest BCUT2D eigenvalue weighted by atomic mass is 16.8. The Morgan fingerprint density at radius 2 is 1.78 bits per heavy atom. The molecule has 0 aromatic carbocycles. The summed E-state index contributed by atoms with van der Waals surface area (Å²) in [7, 11) is 0. The highest BCUT2D eigenvalue weighted by molar-refractivity contribution is 6.10. The van der Waals surface area contributed by atoms with E-state index in [-0.39, 0.29) is 25.4 Å². The monoisotopic (exact) mass is 257 g/mol. The Balaban J connectivity index is 2.08. The maximum Gasteiger partial charge on any atom is 0.262 e. The number of imide groups is 1. The SMILES string of the molecule is CC1(C)O[C@@H]2C(=O)N(CC(=O)CCO)C(=O)[C@@H]2O1. The van der Waals surface area contributed by atoms with E-state index in [0.29, 0.717) is 0 Å². The van der Waals surface area contributed by atoms with Gasteiger partial charge in [-0.2, -0.15) is 0 Å². The molecule has 0 radical (unpaired) electrons. The molecule has 0 aromatic heterocycles. The van der Waals surface area contributed by atoms with E-state index >= 15 is 0 Å². The number of ether oxygens (including phenoxy) is 2. The Bertz CT molecular complexity index is 378. The van der Waals surface area contributed by atoms with E-state index in [1.807, 2.05) is 0 Å². The van der Waals surface area contributed by atoms with Crippen molar-refractivity contribution in [3.8, 4) is 0 Å². The lowest BCUT2D eigenvalue weighted by molar-refractivity contribution is -0.175. The molecule has 0 bridgehead atoms. The first kappa shape index (κ1) is 13.1. The topological polar surface area (TPSA) is 93.1 Å². The quantitative estimate of drug-likeness (QED) is 0.638. The number of rotatable bonds is 4. The molecule has 2 amide bonds. The number of likely N-dealkylation sites (tertiary alicyclic amines) is 1. The maximum atomic E-state index is 11.9. The van der Waals surface area contributed by atoms with Crippen LogP contribution in [0.3, 0.4) is 0 Å². The molecule has 2 aliphatic heterocycles. The molecule has 0 spiro atoms. The number of Topliss-reactive ketones (excluding diaryl/α,β-unsaturated/α-hetero) is 1. The molecule has 2 rings (SSSR count). The number of hydrogen-bond donors (Lipinski definition) is 1. The zero-order valence-corrected chi connectivity index (χ0v) is 10.2. The predicted molar refractivity (Wildman–Crippen MR) is 57.3 cm³/mol. The van der Waals surface area contributed by atoms with Crippen LogP contribution in [-0.2, 0) is 23.9 Å². The number of ketones is 1. The third kappa shape index (κ3) is 2.16. The van der Waals surface area contributed by atoms with E-state index in [9.17, 15) is 14.4 Å². The van der Waals surface area contributed by atoms with Crippen molar-refractivity contribution < 1.29 is 29.0 Å². The van der Waals surface area contributed by atoms with Gasteiger partial charge in [0.1, 0.15) is 0 Å². The molecule has 100 valence electrons. The Morgan fingerprint density at radius 1 is 1.28 bits per heavy atom. The van der Waals surface area contributed by atoms with Crippen molar-refractivity contribution in [2.75, 3.05) is 13.2 Å². The van der Waals surface area contributed by atoms with E-state index in [4.69, 9.17) is 14.6 Å². The van der Waals surface area contributed by atoms with Crippen LogP contribution in [0.4, 0.5) is 0 Å². The number of aliphatic hydroxyl groups excluding tert-OH is 1. The van der Waals surface area contributed by atoms with Gasteiger partial charge in [-0.25, -0.2) is 0 Å². The molecule has 2 fully saturated rings. The van der Waals surface area contributed by atoms with Crippen LogP contribution in [0, 0.1) is 0 Å². The smallest absolute Gasteiger partial charge is 0.262 e. The average molecular weight is 257 g/mol. The molecule has 2 aliphatic rings. The Kier molecular flexibility index (Phi) is 3.22. The van der Waals surface area contributed by atoms with E-state index < -0.39 is 29.8 Å². The number of carbonyl (C=O) groups excluding carboxylic acids is 3. The highest BCUT2D eigenvalue weighted by Crippen LogP contribution is 2.34. The molecule has 18 heavy (non-hydrogen) atoms. The molecule has 0 aliphatic carbocycles. The zero-order chi connectivity index (χ0) is 13.5. The van der Waals surface area contributed by atoms with Crippen LogP contribution in [0.25, 0.3) is 0 Å². The van der Waals surface area contributed by atoms with Gasteiger partial charge in [-0.1, -0.05) is 0 Å². The van der Waals surface area contributed by atoms with E-state index in [1.165, 1.54) is 0 Å². The number of aliphatic hydroxyl groups is 1. The van der Waals surface area contributed by atoms with Crippen molar-refractivity contribution in [3.05, 3.63) is 0 Å². The summed E-state index contributed by atoms with van der Waals surface area (Å²) in [6.07, 6.45) is -2.01. The van der Waals surface area contributed by atoms with Crippen molar-refractivity contribution in [3.63, 3.8) is 0 Å². The third-order valence-electron chi connectivity index (χ3n) is 2.84. The average Bonchev–Trinajstić information content (AvgIpc) is 2.69. The minimum absolute atomic E-state index is 0.0837. The summed E-state index contributed by atoms with van der Waals surface area (Å²) < 4.78 is 10.7. The summed E-state index contributed by atoms with van der Waals surface area (Å²) in [4.78, 5) is 36.0. The van der Waals surface area contributed by atoms with Crippen LogP contribution in [0.2, 0.25) is 0 Å². The number of amides is 2. The fourth-order valence-electron chi connectivity index (χ4n) is 2.07. The van der Waals surface area contributed by atoms with Crippen LogP contribution < -0.4 is 0 Å². The summed E-state index contributed by atoms with van der Waals surface area (Å²) in [5.74, 6) is -2.45. The largest absolute Gasteiger partial charge is 0.396 e. The van der Waals surface area contributed by atoms with Crippen molar-refractivity contribution in [2.24, 2.45) is 0 Å². The lowest BCUT2D eigenvalue weighted by Gasteiger charge is -2.21. The molecule has 7 nitrogen and oxygen atoms in total. The van der Waals surface area contributed by atoms with Gasteiger partial charge in [0.2, 0.25) is 0 Å². The lowest BCUT2D eigenvalue weighted by atomic mass is 10.2. The summed E-state index contributed by atoms with van der Waals surface area (Å²) in [6.45, 7) is 2.60. The molecule has 0 aromatic rings. The van der Waals surface area contributed by atoms with Gasteiger partial charge in [-0.3, -0.25) is 19.3 Å². The highest BCUT2D eigenvalue weighted by Gasteiger charge is 2.57. The molecule has 0 unspecified atom stereocenters. The molecule has 2 atom stereocenters. The van der Waals surface area contributed by atoms with Gasteiger partial charge in [-0.15, -0.1) is 0 Å². The maximum absolute atomic E-state index is 11.9. The van der Waals surface area contributed by atoms with Gasteiger partial charge < -0.3 is 14.6 Å². The molecular weight excluding hydrogens is 242 g/mol. The summed E-state index contributed by atoms with van der Waals surface area (Å²) in [6, 6.07) is 0. The van der Waals surface area contributed by atoms with Gasteiger partial charge in [-0.05, 0) is 13.8 Å². The molecule has 1 N–H and O–H groups in total. The Labute approximate surface area is 104 Å². The van der Waals surface area contributed by atoms with Gasteiger partial charge in [0.15, 0.2) is 23.8 Å².